The quantitative estimate of drug-likeness (QED) is 0.309. The average Bonchev–Trinajstić information content (AvgIpc) is 2.81. The maximum absolute atomic E-state index is 13.0. The molecule has 6 nitrogen and oxygen atoms in total. The van der Waals surface area contributed by atoms with Gasteiger partial charge in [0.1, 0.15) is 0 Å². The van der Waals surface area contributed by atoms with Gasteiger partial charge in [-0.25, -0.2) is 4.98 Å². The smallest absolute Gasteiger partial charge is 0.262 e. The van der Waals surface area contributed by atoms with Crippen LogP contribution in [0.3, 0.4) is 0 Å². The molecule has 0 radical (unpaired) electrons. The molecule has 1 aliphatic heterocycles. The van der Waals surface area contributed by atoms with Gasteiger partial charge in [-0.3, -0.25) is 19.2 Å². The molecule has 2 aromatic carbocycles. The van der Waals surface area contributed by atoms with Crippen LogP contribution < -0.4 is 10.5 Å². The van der Waals surface area contributed by atoms with Gasteiger partial charge >= 0.3 is 0 Å². The molecule has 10 heteroatoms. The summed E-state index contributed by atoms with van der Waals surface area (Å²) >= 11 is 6.13. The standard InChI is InChI=1S/C25H26ClN5O.3ClH/c1-18-6-7-23-21(14-18)24-22(16-27-23)25(32)31(17-28-24)9-3-8-29-10-12-30(13-11-29)20-5-2-4-19(26)15-20;;;/h2,4-7,14-17H,3,8-13H2,1H3;3*1H. The third kappa shape index (κ3) is 6.38. The van der Waals surface area contributed by atoms with Gasteiger partial charge in [0.25, 0.3) is 5.56 Å². The first-order chi connectivity index (χ1) is 15.6. The number of halogens is 4. The van der Waals surface area contributed by atoms with Crippen LogP contribution in [0.1, 0.15) is 12.0 Å². The molecule has 3 heterocycles. The number of nitrogens with zero attached hydrogens (tertiary/aromatic N) is 5. The summed E-state index contributed by atoms with van der Waals surface area (Å²) in [5.41, 5.74) is 3.90. The summed E-state index contributed by atoms with van der Waals surface area (Å²) in [6, 6.07) is 14.1. The highest BCUT2D eigenvalue weighted by molar-refractivity contribution is 6.30. The number of fused-ring (bicyclic) bond motifs is 3. The second-order valence-electron chi connectivity index (χ2n) is 8.45. The molecule has 0 amide bonds. The van der Waals surface area contributed by atoms with Crippen molar-refractivity contribution < 1.29 is 0 Å². The van der Waals surface area contributed by atoms with Crippen LogP contribution in [0.2, 0.25) is 5.02 Å². The molecule has 35 heavy (non-hydrogen) atoms. The Balaban J connectivity index is 0.00000144. The fourth-order valence-electron chi connectivity index (χ4n) is 4.45. The van der Waals surface area contributed by atoms with E-state index in [1.807, 2.05) is 43.3 Å². The molecular formula is C25H29Cl4N5O. The van der Waals surface area contributed by atoms with Crippen LogP contribution in [-0.4, -0.2) is 52.2 Å². The van der Waals surface area contributed by atoms with Gasteiger partial charge in [0.05, 0.1) is 22.7 Å². The number of benzene rings is 2. The summed E-state index contributed by atoms with van der Waals surface area (Å²) in [7, 11) is 0. The maximum Gasteiger partial charge on any atom is 0.262 e. The third-order valence-corrected chi connectivity index (χ3v) is 6.47. The second-order valence-corrected chi connectivity index (χ2v) is 8.88. The van der Waals surface area contributed by atoms with E-state index >= 15 is 0 Å². The van der Waals surface area contributed by atoms with E-state index < -0.39 is 0 Å². The fraction of sp³-hybridized carbons (Fsp3) is 0.320. The molecule has 0 atom stereocenters. The molecule has 188 valence electrons. The van der Waals surface area contributed by atoms with Crippen molar-refractivity contribution in [2.75, 3.05) is 37.6 Å². The Kier molecular flexibility index (Phi) is 10.6. The first-order valence-electron chi connectivity index (χ1n) is 11.1. The van der Waals surface area contributed by atoms with E-state index in [-0.39, 0.29) is 42.8 Å². The van der Waals surface area contributed by atoms with E-state index in [4.69, 9.17) is 11.6 Å². The van der Waals surface area contributed by atoms with Crippen molar-refractivity contribution in [3.63, 3.8) is 0 Å². The SMILES string of the molecule is Cc1ccc2ncc3c(=O)n(CCCN4CCN(c5cccc(Cl)c5)CC4)cnc3c2c1.Cl.Cl.Cl. The summed E-state index contributed by atoms with van der Waals surface area (Å²) in [5, 5.41) is 2.29. The van der Waals surface area contributed by atoms with Crippen LogP contribution in [-0.2, 0) is 6.54 Å². The minimum absolute atomic E-state index is 0. The molecule has 5 rings (SSSR count). The summed E-state index contributed by atoms with van der Waals surface area (Å²) < 4.78 is 1.72. The first-order valence-corrected chi connectivity index (χ1v) is 11.4. The Labute approximate surface area is 228 Å². The van der Waals surface area contributed by atoms with E-state index in [2.05, 4.69) is 25.8 Å². The van der Waals surface area contributed by atoms with E-state index in [0.717, 1.165) is 66.2 Å². The molecule has 1 saturated heterocycles. The van der Waals surface area contributed by atoms with Gasteiger partial charge in [-0.1, -0.05) is 29.3 Å². The number of anilines is 1. The number of aryl methyl sites for hydroxylation is 2. The summed E-state index contributed by atoms with van der Waals surface area (Å²) in [5.74, 6) is 0. The molecule has 1 fully saturated rings. The van der Waals surface area contributed by atoms with Crippen molar-refractivity contribution in [3.05, 3.63) is 75.9 Å². The second kappa shape index (κ2) is 12.7. The minimum atomic E-state index is -0.0170. The zero-order valence-electron chi connectivity index (χ0n) is 19.4. The number of hydrogen-bond acceptors (Lipinski definition) is 5. The summed E-state index contributed by atoms with van der Waals surface area (Å²) in [6.45, 7) is 7.63. The Morgan fingerprint density at radius 1 is 0.914 bits per heavy atom. The van der Waals surface area contributed by atoms with Crippen molar-refractivity contribution in [2.24, 2.45) is 0 Å². The highest BCUT2D eigenvalue weighted by atomic mass is 35.5. The van der Waals surface area contributed by atoms with Gasteiger partial charge in [-0.05, 0) is 50.2 Å². The van der Waals surface area contributed by atoms with E-state index in [1.165, 1.54) is 5.69 Å². The van der Waals surface area contributed by atoms with Crippen molar-refractivity contribution in [1.29, 1.82) is 0 Å². The van der Waals surface area contributed by atoms with Crippen molar-refractivity contribution >= 4 is 76.3 Å². The van der Waals surface area contributed by atoms with Crippen LogP contribution >= 0.6 is 48.8 Å². The van der Waals surface area contributed by atoms with Crippen LogP contribution in [0.25, 0.3) is 21.8 Å². The van der Waals surface area contributed by atoms with Crippen molar-refractivity contribution in [1.82, 2.24) is 19.4 Å². The van der Waals surface area contributed by atoms with Gasteiger partial charge in [-0.15, -0.1) is 37.2 Å². The zero-order valence-corrected chi connectivity index (χ0v) is 22.6. The maximum atomic E-state index is 13.0. The number of hydrogen-bond donors (Lipinski definition) is 0. The highest BCUT2D eigenvalue weighted by Crippen LogP contribution is 2.22. The minimum Gasteiger partial charge on any atom is -0.369 e. The normalized spacial score (nSPS) is 13.7. The fourth-order valence-corrected chi connectivity index (χ4v) is 4.63. The van der Waals surface area contributed by atoms with Crippen LogP contribution in [0.15, 0.2) is 59.8 Å². The molecule has 0 N–H and O–H groups in total. The van der Waals surface area contributed by atoms with E-state index in [9.17, 15) is 4.79 Å². The lowest BCUT2D eigenvalue weighted by molar-refractivity contribution is 0.250. The van der Waals surface area contributed by atoms with Gasteiger partial charge in [0, 0.05) is 55.0 Å². The molecule has 0 aliphatic carbocycles. The lowest BCUT2D eigenvalue weighted by atomic mass is 10.1. The number of pyridine rings is 1. The van der Waals surface area contributed by atoms with Crippen molar-refractivity contribution in [2.45, 2.75) is 19.9 Å². The largest absolute Gasteiger partial charge is 0.369 e. The predicted octanol–water partition coefficient (Wildman–Crippen LogP) is 5.38. The van der Waals surface area contributed by atoms with E-state index in [0.29, 0.717) is 11.9 Å². The van der Waals surface area contributed by atoms with Crippen LogP contribution in [0.4, 0.5) is 5.69 Å². The van der Waals surface area contributed by atoms with Gasteiger partial charge in [0.2, 0.25) is 0 Å². The Morgan fingerprint density at radius 3 is 2.43 bits per heavy atom. The molecule has 1 aliphatic rings. The molecule has 2 aromatic heterocycles. The summed E-state index contributed by atoms with van der Waals surface area (Å²) in [6.07, 6.45) is 4.25. The summed E-state index contributed by atoms with van der Waals surface area (Å²) in [4.78, 5) is 26.9. The first kappa shape index (κ1) is 29.1. The topological polar surface area (TPSA) is 54.3 Å². The zero-order chi connectivity index (χ0) is 22.1. The lowest BCUT2D eigenvalue weighted by Gasteiger charge is -2.36. The average molecular weight is 557 g/mol. The Bertz CT molecular complexity index is 1340. The number of aromatic nitrogens is 3. The predicted molar refractivity (Wildman–Crippen MR) is 153 cm³/mol. The molecular weight excluding hydrogens is 528 g/mol. The van der Waals surface area contributed by atoms with E-state index in [1.54, 1.807) is 17.1 Å². The molecule has 4 aromatic rings. The van der Waals surface area contributed by atoms with Gasteiger partial charge in [0.15, 0.2) is 0 Å². The molecule has 0 spiro atoms. The van der Waals surface area contributed by atoms with Gasteiger partial charge < -0.3 is 4.90 Å². The van der Waals surface area contributed by atoms with Crippen LogP contribution in [0.5, 0.6) is 0 Å². The molecule has 0 bridgehead atoms. The van der Waals surface area contributed by atoms with Gasteiger partial charge in [-0.2, -0.15) is 0 Å². The Hall–Kier alpha value is -2.09. The molecule has 0 unspecified atom stereocenters. The monoisotopic (exact) mass is 555 g/mol. The van der Waals surface area contributed by atoms with Crippen molar-refractivity contribution in [3.8, 4) is 0 Å². The Morgan fingerprint density at radius 2 is 1.69 bits per heavy atom. The highest BCUT2D eigenvalue weighted by Gasteiger charge is 2.17. The lowest BCUT2D eigenvalue weighted by Crippen LogP contribution is -2.46. The molecule has 0 saturated carbocycles. The number of piperazine rings is 1. The number of rotatable bonds is 5. The van der Waals surface area contributed by atoms with Crippen LogP contribution in [0, 0.1) is 6.92 Å². The third-order valence-electron chi connectivity index (χ3n) is 6.23.